The molecule has 1 saturated carbocycles. The third-order valence-electron chi connectivity index (χ3n) is 3.88. The van der Waals surface area contributed by atoms with E-state index in [0.29, 0.717) is 6.54 Å². The monoisotopic (exact) mass is 303 g/mol. The van der Waals surface area contributed by atoms with Crippen molar-refractivity contribution in [1.82, 2.24) is 9.97 Å². The minimum atomic E-state index is -4.60. The van der Waals surface area contributed by atoms with Crippen LogP contribution in [0.25, 0.3) is 0 Å². The summed E-state index contributed by atoms with van der Waals surface area (Å²) in [6.45, 7) is 2.73. The van der Waals surface area contributed by atoms with E-state index in [1.54, 1.807) is 0 Å². The van der Waals surface area contributed by atoms with Gasteiger partial charge in [0.2, 0.25) is 5.82 Å². The van der Waals surface area contributed by atoms with Gasteiger partial charge < -0.3 is 10.7 Å². The van der Waals surface area contributed by atoms with E-state index in [4.69, 9.17) is 5.84 Å². The smallest absolute Gasteiger partial charge is 0.369 e. The van der Waals surface area contributed by atoms with Gasteiger partial charge in [-0.1, -0.05) is 26.2 Å². The first-order valence-corrected chi connectivity index (χ1v) is 6.99. The van der Waals surface area contributed by atoms with E-state index in [-0.39, 0.29) is 17.1 Å². The Balaban J connectivity index is 2.12. The van der Waals surface area contributed by atoms with Gasteiger partial charge in [-0.2, -0.15) is 13.2 Å². The van der Waals surface area contributed by atoms with Gasteiger partial charge in [0.05, 0.1) is 0 Å². The predicted molar refractivity (Wildman–Crippen MR) is 74.5 cm³/mol. The fourth-order valence-electron chi connectivity index (χ4n) is 2.62. The Morgan fingerprint density at radius 2 is 1.81 bits per heavy atom. The number of rotatable bonds is 4. The molecule has 0 amide bonds. The normalized spacial score (nSPS) is 18.3. The number of hydrazine groups is 1. The second kappa shape index (κ2) is 6.05. The number of alkyl halides is 3. The number of hydrogen-bond acceptors (Lipinski definition) is 5. The highest BCUT2D eigenvalue weighted by molar-refractivity contribution is 5.47. The lowest BCUT2D eigenvalue weighted by molar-refractivity contribution is -0.144. The number of anilines is 2. The van der Waals surface area contributed by atoms with Crippen LogP contribution in [0.3, 0.4) is 0 Å². The van der Waals surface area contributed by atoms with Crippen molar-refractivity contribution in [3.8, 4) is 0 Å². The molecule has 5 nitrogen and oxygen atoms in total. The minimum Gasteiger partial charge on any atom is -0.369 e. The van der Waals surface area contributed by atoms with Gasteiger partial charge in [-0.15, -0.1) is 0 Å². The van der Waals surface area contributed by atoms with Crippen molar-refractivity contribution < 1.29 is 13.2 Å². The first-order chi connectivity index (χ1) is 9.82. The number of nitrogens with zero attached hydrogens (tertiary/aromatic N) is 2. The molecule has 0 aliphatic heterocycles. The molecule has 1 aromatic rings. The van der Waals surface area contributed by atoms with E-state index in [9.17, 15) is 13.2 Å². The SMILES string of the molecule is CC1(CNc2cc(NN)nc(C(F)(F)F)n2)CCCCC1. The molecule has 0 unspecified atom stereocenters. The Bertz CT molecular complexity index is 483. The summed E-state index contributed by atoms with van der Waals surface area (Å²) < 4.78 is 38.2. The van der Waals surface area contributed by atoms with Crippen molar-refractivity contribution in [2.45, 2.75) is 45.2 Å². The third-order valence-corrected chi connectivity index (χ3v) is 3.88. The number of halogens is 3. The zero-order valence-electron chi connectivity index (χ0n) is 11.9. The van der Waals surface area contributed by atoms with Gasteiger partial charge >= 0.3 is 6.18 Å². The van der Waals surface area contributed by atoms with Gasteiger partial charge in [-0.3, -0.25) is 0 Å². The molecule has 2 rings (SSSR count). The van der Waals surface area contributed by atoms with Gasteiger partial charge in [0, 0.05) is 12.6 Å². The van der Waals surface area contributed by atoms with Gasteiger partial charge in [0.15, 0.2) is 0 Å². The fraction of sp³-hybridized carbons (Fsp3) is 0.692. The summed E-state index contributed by atoms with van der Waals surface area (Å²) in [6.07, 6.45) is 1.08. The number of aromatic nitrogens is 2. The van der Waals surface area contributed by atoms with Crippen LogP contribution in [-0.2, 0) is 6.18 Å². The summed E-state index contributed by atoms with van der Waals surface area (Å²) in [7, 11) is 0. The molecule has 0 aromatic carbocycles. The highest BCUT2D eigenvalue weighted by atomic mass is 19.4. The summed E-state index contributed by atoms with van der Waals surface area (Å²) in [5, 5.41) is 3.00. The van der Waals surface area contributed by atoms with E-state index in [2.05, 4.69) is 27.6 Å². The largest absolute Gasteiger partial charge is 0.451 e. The average molecular weight is 303 g/mol. The third kappa shape index (κ3) is 4.20. The molecule has 118 valence electrons. The van der Waals surface area contributed by atoms with Gasteiger partial charge in [0.1, 0.15) is 11.6 Å². The Kier molecular flexibility index (Phi) is 4.55. The summed E-state index contributed by atoms with van der Waals surface area (Å²) in [4.78, 5) is 6.85. The number of nitrogens with two attached hydrogens (primary N) is 1. The molecule has 8 heteroatoms. The van der Waals surface area contributed by atoms with E-state index < -0.39 is 12.0 Å². The molecule has 1 aliphatic carbocycles. The van der Waals surface area contributed by atoms with Crippen LogP contribution in [0.15, 0.2) is 6.07 Å². The predicted octanol–water partition coefficient (Wildman–Crippen LogP) is 3.16. The van der Waals surface area contributed by atoms with Crippen molar-refractivity contribution in [3.05, 3.63) is 11.9 Å². The molecule has 1 fully saturated rings. The molecule has 0 spiro atoms. The van der Waals surface area contributed by atoms with E-state index in [0.717, 1.165) is 25.7 Å². The van der Waals surface area contributed by atoms with Crippen LogP contribution in [-0.4, -0.2) is 16.5 Å². The Morgan fingerprint density at radius 3 is 2.38 bits per heavy atom. The highest BCUT2D eigenvalue weighted by Crippen LogP contribution is 2.36. The second-order valence-electron chi connectivity index (χ2n) is 5.83. The molecule has 1 aliphatic rings. The molecule has 1 heterocycles. The summed E-state index contributed by atoms with van der Waals surface area (Å²) in [5.74, 6) is 4.04. The lowest BCUT2D eigenvalue weighted by Gasteiger charge is -2.33. The maximum atomic E-state index is 12.7. The summed E-state index contributed by atoms with van der Waals surface area (Å²) in [6, 6.07) is 1.38. The van der Waals surface area contributed by atoms with Crippen LogP contribution in [0.4, 0.5) is 24.8 Å². The van der Waals surface area contributed by atoms with Crippen molar-refractivity contribution >= 4 is 11.6 Å². The Hall–Kier alpha value is -1.57. The first-order valence-electron chi connectivity index (χ1n) is 6.99. The Morgan fingerprint density at radius 1 is 1.19 bits per heavy atom. The van der Waals surface area contributed by atoms with Crippen molar-refractivity contribution in [1.29, 1.82) is 0 Å². The van der Waals surface area contributed by atoms with E-state index in [1.807, 2.05) is 0 Å². The second-order valence-corrected chi connectivity index (χ2v) is 5.83. The lowest BCUT2D eigenvalue weighted by Crippen LogP contribution is -2.29. The molecule has 1 aromatic heterocycles. The van der Waals surface area contributed by atoms with Crippen molar-refractivity contribution in [2.24, 2.45) is 11.3 Å². The fourth-order valence-corrected chi connectivity index (χ4v) is 2.62. The molecule has 0 bridgehead atoms. The van der Waals surface area contributed by atoms with Crippen LogP contribution in [0.2, 0.25) is 0 Å². The molecular formula is C13H20F3N5. The zero-order chi connectivity index (χ0) is 15.5. The maximum Gasteiger partial charge on any atom is 0.451 e. The topological polar surface area (TPSA) is 75.9 Å². The van der Waals surface area contributed by atoms with Gasteiger partial charge in [-0.05, 0) is 18.3 Å². The van der Waals surface area contributed by atoms with Gasteiger partial charge in [0.25, 0.3) is 0 Å². The molecule has 0 atom stereocenters. The zero-order valence-corrected chi connectivity index (χ0v) is 11.9. The van der Waals surface area contributed by atoms with Gasteiger partial charge in [-0.25, -0.2) is 15.8 Å². The minimum absolute atomic E-state index is 0.0615. The standard InChI is InChI=1S/C13H20F3N5/c1-12(5-3-2-4-6-12)8-18-9-7-10(21-17)20-11(19-9)13(14,15)16/h7H,2-6,8,17H2,1H3,(H2,18,19,20,21). The molecule has 0 saturated heterocycles. The van der Waals surface area contributed by atoms with Crippen molar-refractivity contribution in [3.63, 3.8) is 0 Å². The Labute approximate surface area is 121 Å². The molecular weight excluding hydrogens is 283 g/mol. The highest BCUT2D eigenvalue weighted by Gasteiger charge is 2.35. The molecule has 0 radical (unpaired) electrons. The van der Waals surface area contributed by atoms with E-state index in [1.165, 1.54) is 12.5 Å². The quantitative estimate of drug-likeness (QED) is 0.588. The number of hydrogen-bond donors (Lipinski definition) is 3. The van der Waals surface area contributed by atoms with Crippen LogP contribution >= 0.6 is 0 Å². The van der Waals surface area contributed by atoms with E-state index >= 15 is 0 Å². The van der Waals surface area contributed by atoms with Crippen LogP contribution in [0, 0.1) is 5.41 Å². The summed E-state index contributed by atoms with van der Waals surface area (Å²) >= 11 is 0. The van der Waals surface area contributed by atoms with Crippen LogP contribution in [0.1, 0.15) is 44.9 Å². The summed E-state index contributed by atoms with van der Waals surface area (Å²) in [5.41, 5.74) is 2.23. The van der Waals surface area contributed by atoms with Crippen LogP contribution < -0.4 is 16.6 Å². The van der Waals surface area contributed by atoms with Crippen molar-refractivity contribution in [2.75, 3.05) is 17.3 Å². The lowest BCUT2D eigenvalue weighted by atomic mass is 9.76. The maximum absolute atomic E-state index is 12.7. The average Bonchev–Trinajstić information content (AvgIpc) is 2.45. The number of nitrogen functional groups attached to an aromatic ring is 1. The molecule has 21 heavy (non-hydrogen) atoms. The first kappa shape index (κ1) is 15.8. The van der Waals surface area contributed by atoms with Crippen LogP contribution in [0.5, 0.6) is 0 Å². The molecule has 4 N–H and O–H groups in total. The number of nitrogens with one attached hydrogen (secondary N) is 2.